The third-order valence-electron chi connectivity index (χ3n) is 5.00. The number of hydrogen-bond donors (Lipinski definition) is 0. The fourth-order valence-corrected chi connectivity index (χ4v) is 4.03. The third-order valence-corrected chi connectivity index (χ3v) is 6.12. The quantitative estimate of drug-likeness (QED) is 0.531. The Morgan fingerprint density at radius 2 is 1.68 bits per heavy atom. The van der Waals surface area contributed by atoms with E-state index in [9.17, 15) is 35.2 Å². The van der Waals surface area contributed by atoms with Crippen LogP contribution in [0.15, 0.2) is 35.2 Å². The molecule has 34 heavy (non-hydrogen) atoms. The van der Waals surface area contributed by atoms with Gasteiger partial charge in [0.15, 0.2) is 39.1 Å². The van der Waals surface area contributed by atoms with E-state index in [1.165, 1.54) is 0 Å². The van der Waals surface area contributed by atoms with Crippen molar-refractivity contribution in [2.75, 3.05) is 26.5 Å². The van der Waals surface area contributed by atoms with Gasteiger partial charge in [0.25, 0.3) is 5.91 Å². The van der Waals surface area contributed by atoms with Crippen LogP contribution >= 0.6 is 0 Å². The molecule has 2 aromatic rings. The molecule has 7 nitrogen and oxygen atoms in total. The number of likely N-dealkylation sites (tertiary alicyclic amines) is 1. The van der Waals surface area contributed by atoms with E-state index in [2.05, 4.69) is 0 Å². The number of carbonyl (C=O) groups is 1. The van der Waals surface area contributed by atoms with Crippen molar-refractivity contribution >= 4 is 15.7 Å². The molecule has 1 fully saturated rings. The Morgan fingerprint density at radius 1 is 1.09 bits per heavy atom. The van der Waals surface area contributed by atoms with E-state index in [0.717, 1.165) is 55.5 Å². The molecule has 0 unspecified atom stereocenters. The molecule has 1 atom stereocenters. The summed E-state index contributed by atoms with van der Waals surface area (Å²) in [4.78, 5) is 13.8. The molecule has 1 aliphatic heterocycles. The van der Waals surface area contributed by atoms with Gasteiger partial charge in [-0.2, -0.15) is 13.2 Å². The van der Waals surface area contributed by atoms with Crippen LogP contribution in [-0.4, -0.2) is 64.1 Å². The Balaban J connectivity index is 1.91. The summed E-state index contributed by atoms with van der Waals surface area (Å²) in [5.74, 6) is -4.43. The van der Waals surface area contributed by atoms with E-state index in [1.54, 1.807) is 0 Å². The molecule has 0 aromatic heterocycles. The first-order valence-electron chi connectivity index (χ1n) is 9.78. The van der Waals surface area contributed by atoms with Crippen LogP contribution in [0.25, 0.3) is 0 Å². The van der Waals surface area contributed by atoms with Crippen molar-refractivity contribution in [1.82, 2.24) is 4.90 Å². The number of nitrogens with zero attached hydrogens (tertiary/aromatic N) is 1. The van der Waals surface area contributed by atoms with Crippen molar-refractivity contribution in [3.05, 3.63) is 47.5 Å². The molecule has 0 N–H and O–H groups in total. The number of halogens is 5. The zero-order chi connectivity index (χ0) is 25.4. The van der Waals surface area contributed by atoms with Gasteiger partial charge in [0.2, 0.25) is 0 Å². The lowest BCUT2D eigenvalue weighted by Gasteiger charge is -2.39. The second kappa shape index (κ2) is 9.28. The van der Waals surface area contributed by atoms with Crippen LogP contribution < -0.4 is 14.2 Å². The molecule has 2 aromatic carbocycles. The van der Waals surface area contributed by atoms with E-state index in [-0.39, 0.29) is 13.1 Å². The molecule has 0 bridgehead atoms. The van der Waals surface area contributed by atoms with Gasteiger partial charge in [-0.1, -0.05) is 6.07 Å². The highest BCUT2D eigenvalue weighted by Crippen LogP contribution is 2.39. The lowest BCUT2D eigenvalue weighted by molar-refractivity contribution is -0.189. The van der Waals surface area contributed by atoms with Crippen LogP contribution in [0.5, 0.6) is 17.2 Å². The van der Waals surface area contributed by atoms with Gasteiger partial charge in [0.1, 0.15) is 22.3 Å². The molecular formula is C21H20F5NO6S. The molecule has 1 saturated heterocycles. The average Bonchev–Trinajstić information content (AvgIpc) is 2.69. The lowest BCUT2D eigenvalue weighted by atomic mass is 10.1. The Morgan fingerprint density at radius 3 is 2.18 bits per heavy atom. The fourth-order valence-electron chi connectivity index (χ4n) is 3.20. The normalized spacial score (nSPS) is 15.5. The monoisotopic (exact) mass is 509 g/mol. The second-order valence-electron chi connectivity index (χ2n) is 7.54. The molecule has 1 aliphatic rings. The predicted octanol–water partition coefficient (Wildman–Crippen LogP) is 3.61. The molecule has 0 radical (unpaired) electrons. The molecule has 186 valence electrons. The smallest absolute Gasteiger partial charge is 0.425 e. The minimum atomic E-state index is -4.76. The fraction of sp³-hybridized carbons (Fsp3) is 0.381. The first-order chi connectivity index (χ1) is 15.7. The van der Waals surface area contributed by atoms with Gasteiger partial charge in [-0.05, 0) is 31.2 Å². The number of alkyl halides is 3. The summed E-state index contributed by atoms with van der Waals surface area (Å²) in [6, 6.07) is 5.06. The maximum Gasteiger partial charge on any atom is 0.425 e. The summed E-state index contributed by atoms with van der Waals surface area (Å²) in [5.41, 5.74) is -0.531. The number of rotatable bonds is 7. The number of sulfone groups is 1. The summed E-state index contributed by atoms with van der Waals surface area (Å²) in [6.45, 7) is 0.377. The number of benzene rings is 2. The van der Waals surface area contributed by atoms with Gasteiger partial charge in [0, 0.05) is 6.26 Å². The zero-order valence-electron chi connectivity index (χ0n) is 18.2. The standard InChI is InChI=1S/C21H20F5NO6S/c1-11(21(24,25)26)32-15-7-8-16(34(3,29)30)19(31-2)17(15)20(28)27-9-12(10-27)33-18-13(22)5-4-6-14(18)23/h4-8,11-12H,9-10H2,1-3H3/t11-/m0/s1. The molecule has 3 rings (SSSR count). The van der Waals surface area contributed by atoms with E-state index in [0.29, 0.717) is 0 Å². The summed E-state index contributed by atoms with van der Waals surface area (Å²) in [6.07, 6.45) is -7.04. The predicted molar refractivity (Wildman–Crippen MR) is 109 cm³/mol. The van der Waals surface area contributed by atoms with Crippen molar-refractivity contribution in [3.63, 3.8) is 0 Å². The summed E-state index contributed by atoms with van der Waals surface area (Å²) in [5, 5.41) is 0. The van der Waals surface area contributed by atoms with Crippen LogP contribution in [0.4, 0.5) is 22.0 Å². The largest absolute Gasteiger partial charge is 0.494 e. The van der Waals surface area contributed by atoms with Crippen LogP contribution in [-0.2, 0) is 9.84 Å². The molecule has 1 heterocycles. The number of carbonyl (C=O) groups excluding carboxylic acids is 1. The van der Waals surface area contributed by atoms with Crippen molar-refractivity contribution < 1.29 is 49.4 Å². The molecular weight excluding hydrogens is 489 g/mol. The second-order valence-corrected chi connectivity index (χ2v) is 9.53. The van der Waals surface area contributed by atoms with Crippen LogP contribution in [0.3, 0.4) is 0 Å². The number of amides is 1. The third kappa shape index (κ3) is 5.18. The molecule has 0 spiro atoms. The number of hydrogen-bond acceptors (Lipinski definition) is 6. The van der Waals surface area contributed by atoms with E-state index < -0.39 is 73.5 Å². The molecule has 0 saturated carbocycles. The Kier molecular flexibility index (Phi) is 6.97. The molecule has 0 aliphatic carbocycles. The van der Waals surface area contributed by atoms with E-state index >= 15 is 0 Å². The van der Waals surface area contributed by atoms with Gasteiger partial charge >= 0.3 is 6.18 Å². The van der Waals surface area contributed by atoms with Crippen molar-refractivity contribution in [3.8, 4) is 17.2 Å². The minimum absolute atomic E-state index is 0.173. The first-order valence-corrected chi connectivity index (χ1v) is 11.7. The van der Waals surface area contributed by atoms with Crippen LogP contribution in [0.1, 0.15) is 17.3 Å². The maximum atomic E-state index is 13.8. The van der Waals surface area contributed by atoms with Crippen molar-refractivity contribution in [2.24, 2.45) is 0 Å². The number of methoxy groups -OCH3 is 1. The topological polar surface area (TPSA) is 82.1 Å². The van der Waals surface area contributed by atoms with E-state index in [4.69, 9.17) is 14.2 Å². The van der Waals surface area contributed by atoms with E-state index in [1.807, 2.05) is 0 Å². The average molecular weight is 509 g/mol. The highest BCUT2D eigenvalue weighted by atomic mass is 32.2. The highest BCUT2D eigenvalue weighted by Gasteiger charge is 2.41. The summed E-state index contributed by atoms with van der Waals surface area (Å²) < 4.78 is 106. The van der Waals surface area contributed by atoms with Crippen molar-refractivity contribution in [2.45, 2.75) is 30.2 Å². The highest BCUT2D eigenvalue weighted by molar-refractivity contribution is 7.90. The Bertz CT molecular complexity index is 1170. The Hall–Kier alpha value is -3.09. The van der Waals surface area contributed by atoms with Crippen LogP contribution in [0.2, 0.25) is 0 Å². The molecule has 1 amide bonds. The van der Waals surface area contributed by atoms with Gasteiger partial charge in [-0.25, -0.2) is 17.2 Å². The first kappa shape index (κ1) is 25.5. The van der Waals surface area contributed by atoms with Crippen molar-refractivity contribution in [1.29, 1.82) is 0 Å². The lowest BCUT2D eigenvalue weighted by Crippen LogP contribution is -2.56. The summed E-state index contributed by atoms with van der Waals surface area (Å²) >= 11 is 0. The van der Waals surface area contributed by atoms with Crippen LogP contribution in [0, 0.1) is 11.6 Å². The summed E-state index contributed by atoms with van der Waals surface area (Å²) in [7, 11) is -2.88. The molecule has 13 heteroatoms. The number of ether oxygens (including phenoxy) is 3. The maximum absolute atomic E-state index is 13.8. The zero-order valence-corrected chi connectivity index (χ0v) is 19.0. The van der Waals surface area contributed by atoms with Gasteiger partial charge < -0.3 is 19.1 Å². The van der Waals surface area contributed by atoms with Gasteiger partial charge in [-0.3, -0.25) is 4.79 Å². The minimum Gasteiger partial charge on any atom is -0.494 e. The Labute approximate surface area is 191 Å². The SMILES string of the molecule is COc1c(S(C)(=O)=O)ccc(O[C@@H](C)C(F)(F)F)c1C(=O)N1CC(Oc2c(F)cccc2F)C1. The number of para-hydroxylation sites is 1. The van der Waals surface area contributed by atoms with Gasteiger partial charge in [0.05, 0.1) is 20.2 Å². The van der Waals surface area contributed by atoms with Gasteiger partial charge in [-0.15, -0.1) is 0 Å².